The summed E-state index contributed by atoms with van der Waals surface area (Å²) in [7, 11) is -3.29. The maximum atomic E-state index is 13.8. The maximum absolute atomic E-state index is 13.8. The van der Waals surface area contributed by atoms with Gasteiger partial charge in [-0.3, -0.25) is 9.69 Å². The molecule has 1 aliphatic rings. The van der Waals surface area contributed by atoms with E-state index < -0.39 is 27.7 Å². The van der Waals surface area contributed by atoms with Crippen molar-refractivity contribution in [1.29, 1.82) is 0 Å². The Labute approximate surface area is 153 Å². The van der Waals surface area contributed by atoms with Crippen molar-refractivity contribution >= 4 is 15.9 Å². The van der Waals surface area contributed by atoms with Crippen LogP contribution in [0.2, 0.25) is 0 Å². The Morgan fingerprint density at radius 1 is 1.35 bits per heavy atom. The fourth-order valence-corrected chi connectivity index (χ4v) is 3.64. The summed E-state index contributed by atoms with van der Waals surface area (Å²) in [5.74, 6) is -1.65. The molecule has 1 fully saturated rings. The number of piperidine rings is 1. The molecule has 0 spiro atoms. The number of sulfonamides is 1. The van der Waals surface area contributed by atoms with Gasteiger partial charge in [0.25, 0.3) is 0 Å². The van der Waals surface area contributed by atoms with E-state index in [0.717, 1.165) is 37.7 Å². The molecule has 9 heteroatoms. The summed E-state index contributed by atoms with van der Waals surface area (Å²) in [6.45, 7) is 2.69. The molecule has 1 heterocycles. The number of hydrogen-bond donors (Lipinski definition) is 2. The van der Waals surface area contributed by atoms with E-state index in [4.69, 9.17) is 0 Å². The van der Waals surface area contributed by atoms with Gasteiger partial charge >= 0.3 is 0 Å². The molecule has 0 aliphatic carbocycles. The van der Waals surface area contributed by atoms with Gasteiger partial charge in [-0.15, -0.1) is 0 Å². The average molecular weight is 389 g/mol. The number of carbonyl (C=O) groups excluding carboxylic acids is 1. The molecule has 146 valence electrons. The van der Waals surface area contributed by atoms with E-state index >= 15 is 0 Å². The monoisotopic (exact) mass is 389 g/mol. The van der Waals surface area contributed by atoms with Crippen molar-refractivity contribution in [3.63, 3.8) is 0 Å². The first kappa shape index (κ1) is 20.7. The van der Waals surface area contributed by atoms with Gasteiger partial charge in [0.05, 0.1) is 18.8 Å². The molecule has 1 aliphatic heterocycles. The van der Waals surface area contributed by atoms with Crippen LogP contribution in [0.1, 0.15) is 37.8 Å². The van der Waals surface area contributed by atoms with Crippen molar-refractivity contribution in [2.45, 2.75) is 38.3 Å². The Balaban J connectivity index is 1.93. The van der Waals surface area contributed by atoms with Gasteiger partial charge in [-0.25, -0.2) is 21.9 Å². The van der Waals surface area contributed by atoms with Crippen LogP contribution in [0.4, 0.5) is 8.78 Å². The van der Waals surface area contributed by atoms with Gasteiger partial charge in [0.1, 0.15) is 11.6 Å². The standard InChI is InChI=1S/C17H25F2N3O3S/c1-12(15-7-6-13(18)9-16(15)19)21-17(23)11-22-8-4-3-5-14(22)10-20-26(2,24)25/h6-7,9,12,14,20H,3-5,8,10-11H2,1-2H3,(H,21,23)/t12-,14+/m1/s1. The van der Waals surface area contributed by atoms with Crippen LogP contribution in [-0.4, -0.2) is 51.2 Å². The van der Waals surface area contributed by atoms with E-state index in [-0.39, 0.29) is 30.6 Å². The van der Waals surface area contributed by atoms with Crippen molar-refractivity contribution < 1.29 is 22.0 Å². The van der Waals surface area contributed by atoms with Crippen LogP contribution in [0.25, 0.3) is 0 Å². The quantitative estimate of drug-likeness (QED) is 0.742. The van der Waals surface area contributed by atoms with E-state index in [9.17, 15) is 22.0 Å². The zero-order chi connectivity index (χ0) is 19.3. The second-order valence-corrected chi connectivity index (χ2v) is 8.53. The van der Waals surface area contributed by atoms with Crippen LogP contribution < -0.4 is 10.0 Å². The number of likely N-dealkylation sites (tertiary alicyclic amines) is 1. The predicted molar refractivity (Wildman–Crippen MR) is 95.0 cm³/mol. The molecular formula is C17H25F2N3O3S. The summed E-state index contributed by atoms with van der Waals surface area (Å²) in [5.41, 5.74) is 0.216. The normalized spacial score (nSPS) is 19.9. The lowest BCUT2D eigenvalue weighted by Crippen LogP contribution is -2.50. The molecule has 1 aromatic rings. The summed E-state index contributed by atoms with van der Waals surface area (Å²) in [4.78, 5) is 14.3. The number of halogens is 2. The third-order valence-corrected chi connectivity index (χ3v) is 5.17. The minimum Gasteiger partial charge on any atom is -0.348 e. The Morgan fingerprint density at radius 3 is 2.73 bits per heavy atom. The van der Waals surface area contributed by atoms with Crippen molar-refractivity contribution in [3.05, 3.63) is 35.4 Å². The summed E-state index contributed by atoms with van der Waals surface area (Å²) in [5, 5.41) is 2.71. The Hall–Kier alpha value is -1.58. The Morgan fingerprint density at radius 2 is 2.08 bits per heavy atom. The highest BCUT2D eigenvalue weighted by atomic mass is 32.2. The first-order valence-electron chi connectivity index (χ1n) is 8.58. The lowest BCUT2D eigenvalue weighted by Gasteiger charge is -2.35. The van der Waals surface area contributed by atoms with Crippen LogP contribution in [0, 0.1) is 11.6 Å². The highest BCUT2D eigenvalue weighted by molar-refractivity contribution is 7.88. The van der Waals surface area contributed by atoms with E-state index in [1.807, 2.05) is 4.90 Å². The fourth-order valence-electron chi connectivity index (χ4n) is 3.15. The van der Waals surface area contributed by atoms with Crippen LogP contribution >= 0.6 is 0 Å². The first-order chi connectivity index (χ1) is 12.2. The Kier molecular flexibility index (Phi) is 7.08. The van der Waals surface area contributed by atoms with E-state index in [0.29, 0.717) is 6.54 Å². The van der Waals surface area contributed by atoms with E-state index in [2.05, 4.69) is 10.0 Å². The number of rotatable bonds is 7. The van der Waals surface area contributed by atoms with Crippen LogP contribution in [0.5, 0.6) is 0 Å². The largest absolute Gasteiger partial charge is 0.348 e. The van der Waals surface area contributed by atoms with Gasteiger partial charge < -0.3 is 5.32 Å². The average Bonchev–Trinajstić information content (AvgIpc) is 2.53. The molecule has 6 nitrogen and oxygen atoms in total. The third kappa shape index (κ3) is 6.30. The summed E-state index contributed by atoms with van der Waals surface area (Å²) >= 11 is 0. The Bertz CT molecular complexity index is 743. The van der Waals surface area contributed by atoms with Crippen molar-refractivity contribution in [2.75, 3.05) is 25.9 Å². The molecule has 26 heavy (non-hydrogen) atoms. The minimum atomic E-state index is -3.29. The molecule has 1 aromatic carbocycles. The van der Waals surface area contributed by atoms with Crippen molar-refractivity contribution in [1.82, 2.24) is 14.9 Å². The lowest BCUT2D eigenvalue weighted by atomic mass is 10.0. The maximum Gasteiger partial charge on any atom is 0.234 e. The molecule has 2 N–H and O–H groups in total. The predicted octanol–water partition coefficient (Wildman–Crippen LogP) is 1.55. The molecule has 1 saturated heterocycles. The van der Waals surface area contributed by atoms with Gasteiger partial charge in [-0.2, -0.15) is 0 Å². The number of benzene rings is 1. The minimum absolute atomic E-state index is 0.0536. The van der Waals surface area contributed by atoms with Gasteiger partial charge in [0.2, 0.25) is 15.9 Å². The van der Waals surface area contributed by atoms with Crippen LogP contribution in [-0.2, 0) is 14.8 Å². The molecule has 2 atom stereocenters. The van der Waals surface area contributed by atoms with Crippen molar-refractivity contribution in [3.8, 4) is 0 Å². The number of nitrogens with one attached hydrogen (secondary N) is 2. The van der Waals surface area contributed by atoms with Crippen LogP contribution in [0.3, 0.4) is 0 Å². The first-order valence-corrected chi connectivity index (χ1v) is 10.5. The van der Waals surface area contributed by atoms with Gasteiger partial charge in [0, 0.05) is 24.2 Å². The van der Waals surface area contributed by atoms with Crippen LogP contribution in [0.15, 0.2) is 18.2 Å². The van der Waals surface area contributed by atoms with Gasteiger partial charge in [-0.05, 0) is 32.4 Å². The number of amides is 1. The number of hydrogen-bond acceptors (Lipinski definition) is 4. The number of carbonyl (C=O) groups is 1. The van der Waals surface area contributed by atoms with E-state index in [1.54, 1.807) is 6.92 Å². The van der Waals surface area contributed by atoms with Gasteiger partial charge in [-0.1, -0.05) is 12.5 Å². The van der Waals surface area contributed by atoms with Gasteiger partial charge in [0.15, 0.2) is 0 Å². The molecule has 2 rings (SSSR count). The highest BCUT2D eigenvalue weighted by Gasteiger charge is 2.25. The molecular weight excluding hydrogens is 364 g/mol. The molecule has 1 amide bonds. The second kappa shape index (κ2) is 8.88. The van der Waals surface area contributed by atoms with E-state index in [1.165, 1.54) is 6.07 Å². The topological polar surface area (TPSA) is 78.5 Å². The highest BCUT2D eigenvalue weighted by Crippen LogP contribution is 2.19. The zero-order valence-corrected chi connectivity index (χ0v) is 15.8. The summed E-state index contributed by atoms with van der Waals surface area (Å²) in [6, 6.07) is 2.60. The third-order valence-electron chi connectivity index (χ3n) is 4.48. The summed E-state index contributed by atoms with van der Waals surface area (Å²) in [6.07, 6.45) is 3.82. The SMILES string of the molecule is C[C@@H](NC(=O)CN1CCCC[C@H]1CNS(C)(=O)=O)c1ccc(F)cc1F. The fraction of sp³-hybridized carbons (Fsp3) is 0.588. The molecule has 0 bridgehead atoms. The zero-order valence-electron chi connectivity index (χ0n) is 15.0. The summed E-state index contributed by atoms with van der Waals surface area (Å²) < 4.78 is 51.9. The lowest BCUT2D eigenvalue weighted by molar-refractivity contribution is -0.123. The van der Waals surface area contributed by atoms with Crippen molar-refractivity contribution in [2.24, 2.45) is 0 Å². The molecule has 0 unspecified atom stereocenters. The second-order valence-electron chi connectivity index (χ2n) is 6.70. The molecule has 0 aromatic heterocycles. The molecule has 0 radical (unpaired) electrons. The smallest absolute Gasteiger partial charge is 0.234 e. The molecule has 0 saturated carbocycles. The number of nitrogens with zero attached hydrogens (tertiary/aromatic N) is 1.